The van der Waals surface area contributed by atoms with Gasteiger partial charge in [-0.05, 0) is 49.9 Å². The van der Waals surface area contributed by atoms with Gasteiger partial charge in [0.05, 0.1) is 5.56 Å². The lowest BCUT2D eigenvalue weighted by Crippen LogP contribution is -2.25. The monoisotopic (exact) mass is 326 g/mol. The van der Waals surface area contributed by atoms with Gasteiger partial charge in [0.15, 0.2) is 0 Å². The number of hydrogen-bond acceptors (Lipinski definition) is 4. The Labute approximate surface area is 139 Å². The number of aryl methyl sites for hydroxylation is 1. The van der Waals surface area contributed by atoms with Crippen LogP contribution in [0.2, 0.25) is 0 Å². The van der Waals surface area contributed by atoms with E-state index < -0.39 is 5.97 Å². The van der Waals surface area contributed by atoms with Crippen molar-refractivity contribution in [1.29, 1.82) is 0 Å². The highest BCUT2D eigenvalue weighted by molar-refractivity contribution is 6.05. The van der Waals surface area contributed by atoms with Gasteiger partial charge in [0, 0.05) is 23.5 Å². The molecule has 124 valence electrons. The summed E-state index contributed by atoms with van der Waals surface area (Å²) in [5, 5.41) is 11.8. The summed E-state index contributed by atoms with van der Waals surface area (Å²) < 4.78 is 5.70. The van der Waals surface area contributed by atoms with E-state index in [1.54, 1.807) is 25.1 Å². The highest BCUT2D eigenvalue weighted by atomic mass is 16.5. The minimum Gasteiger partial charge on any atom is -0.478 e. The molecule has 1 aromatic heterocycles. The number of aromatic nitrogens is 1. The van der Waals surface area contributed by atoms with Crippen LogP contribution in [0.1, 0.15) is 45.5 Å². The van der Waals surface area contributed by atoms with E-state index in [0.717, 1.165) is 24.8 Å². The maximum Gasteiger partial charge on any atom is 0.335 e. The highest BCUT2D eigenvalue weighted by Crippen LogP contribution is 2.24. The van der Waals surface area contributed by atoms with Gasteiger partial charge in [-0.15, -0.1) is 0 Å². The second kappa shape index (κ2) is 6.70. The van der Waals surface area contributed by atoms with Crippen molar-refractivity contribution in [1.82, 2.24) is 4.98 Å². The fourth-order valence-corrected chi connectivity index (χ4v) is 2.36. The highest BCUT2D eigenvalue weighted by Gasteiger charge is 2.20. The van der Waals surface area contributed by atoms with Crippen LogP contribution < -0.4 is 10.1 Å². The Balaban J connectivity index is 1.76. The molecule has 1 aliphatic rings. The molecule has 1 amide bonds. The van der Waals surface area contributed by atoms with Gasteiger partial charge < -0.3 is 15.2 Å². The molecule has 1 aliphatic carbocycles. The summed E-state index contributed by atoms with van der Waals surface area (Å²) >= 11 is 0. The van der Waals surface area contributed by atoms with Crippen molar-refractivity contribution in [3.05, 3.63) is 53.2 Å². The van der Waals surface area contributed by atoms with Crippen molar-refractivity contribution in [3.63, 3.8) is 0 Å². The topological polar surface area (TPSA) is 88.5 Å². The average Bonchev–Trinajstić information content (AvgIpc) is 2.53. The van der Waals surface area contributed by atoms with Gasteiger partial charge in [-0.1, -0.05) is 6.07 Å². The van der Waals surface area contributed by atoms with Crippen LogP contribution in [0.25, 0.3) is 0 Å². The minimum absolute atomic E-state index is 0.125. The summed E-state index contributed by atoms with van der Waals surface area (Å²) in [6, 6.07) is 7.81. The molecule has 0 radical (unpaired) electrons. The van der Waals surface area contributed by atoms with Crippen LogP contribution >= 0.6 is 0 Å². The summed E-state index contributed by atoms with van der Waals surface area (Å²) in [4.78, 5) is 27.6. The van der Waals surface area contributed by atoms with Crippen molar-refractivity contribution in [2.24, 2.45) is 0 Å². The molecule has 6 heteroatoms. The molecule has 0 spiro atoms. The van der Waals surface area contributed by atoms with Crippen molar-refractivity contribution >= 4 is 17.6 Å². The van der Waals surface area contributed by atoms with E-state index in [-0.39, 0.29) is 17.6 Å². The van der Waals surface area contributed by atoms with Gasteiger partial charge >= 0.3 is 5.97 Å². The molecule has 1 heterocycles. The van der Waals surface area contributed by atoms with Gasteiger partial charge in [0.2, 0.25) is 5.88 Å². The molecule has 0 atom stereocenters. The number of carbonyl (C=O) groups excluding carboxylic acids is 1. The number of benzene rings is 1. The zero-order valence-electron chi connectivity index (χ0n) is 13.3. The van der Waals surface area contributed by atoms with Crippen LogP contribution in [0.3, 0.4) is 0 Å². The number of hydrogen-bond donors (Lipinski definition) is 2. The minimum atomic E-state index is -1.04. The molecule has 0 bridgehead atoms. The van der Waals surface area contributed by atoms with Gasteiger partial charge in [-0.25, -0.2) is 9.78 Å². The van der Waals surface area contributed by atoms with Crippen LogP contribution in [0.5, 0.6) is 5.88 Å². The molecule has 2 aromatic rings. The third kappa shape index (κ3) is 3.53. The number of anilines is 1. The lowest BCUT2D eigenvalue weighted by Gasteiger charge is -2.25. The van der Waals surface area contributed by atoms with Crippen molar-refractivity contribution in [3.8, 4) is 5.88 Å². The number of carboxylic acid groups (broad SMARTS) is 1. The van der Waals surface area contributed by atoms with Gasteiger partial charge in [0.25, 0.3) is 5.91 Å². The number of amides is 1. The summed E-state index contributed by atoms with van der Waals surface area (Å²) in [6.45, 7) is 1.80. The number of rotatable bonds is 5. The van der Waals surface area contributed by atoms with Crippen LogP contribution in [0.15, 0.2) is 36.5 Å². The number of nitrogens with one attached hydrogen (secondary N) is 1. The zero-order chi connectivity index (χ0) is 17.1. The summed E-state index contributed by atoms with van der Waals surface area (Å²) in [6.07, 6.45) is 4.90. The molecule has 1 saturated carbocycles. The number of nitrogens with zero attached hydrogens (tertiary/aromatic N) is 1. The largest absolute Gasteiger partial charge is 0.478 e. The molecule has 0 aliphatic heterocycles. The first-order valence-electron chi connectivity index (χ1n) is 7.81. The molecule has 2 N–H and O–H groups in total. The maximum atomic E-state index is 12.4. The Morgan fingerprint density at radius 3 is 2.67 bits per heavy atom. The number of aromatic carboxylic acids is 1. The Hall–Kier alpha value is -2.89. The zero-order valence-corrected chi connectivity index (χ0v) is 13.3. The SMILES string of the molecule is Cc1ccc(C(=O)O)cc1NC(=O)c1ccnc(OC2CCC2)c1. The normalized spacial score (nSPS) is 13.9. The lowest BCUT2D eigenvalue weighted by molar-refractivity contribution is 0.0696. The summed E-state index contributed by atoms with van der Waals surface area (Å²) in [5.74, 6) is -0.935. The first-order chi connectivity index (χ1) is 11.5. The van der Waals surface area contributed by atoms with Crippen LogP contribution in [0.4, 0.5) is 5.69 Å². The van der Waals surface area contributed by atoms with E-state index in [0.29, 0.717) is 17.1 Å². The molecule has 0 saturated heterocycles. The van der Waals surface area contributed by atoms with Crippen LogP contribution in [-0.4, -0.2) is 28.1 Å². The first-order valence-corrected chi connectivity index (χ1v) is 7.81. The molecule has 3 rings (SSSR count). The quantitative estimate of drug-likeness (QED) is 0.880. The predicted molar refractivity (Wildman–Crippen MR) is 88.6 cm³/mol. The maximum absolute atomic E-state index is 12.4. The van der Waals surface area contributed by atoms with Gasteiger partial charge in [-0.3, -0.25) is 4.79 Å². The lowest BCUT2D eigenvalue weighted by atomic mass is 9.96. The van der Waals surface area contributed by atoms with Crippen molar-refractivity contribution in [2.45, 2.75) is 32.3 Å². The molecule has 1 aromatic carbocycles. The molecule has 6 nitrogen and oxygen atoms in total. The summed E-state index contributed by atoms with van der Waals surface area (Å²) in [7, 11) is 0. The van der Waals surface area contributed by atoms with Gasteiger partial charge in [0.1, 0.15) is 6.10 Å². The summed E-state index contributed by atoms with van der Waals surface area (Å²) in [5.41, 5.74) is 1.80. The predicted octanol–water partition coefficient (Wildman–Crippen LogP) is 3.27. The Bertz CT molecular complexity index is 784. The van der Waals surface area contributed by atoms with E-state index in [2.05, 4.69) is 10.3 Å². The van der Waals surface area contributed by atoms with Crippen molar-refractivity contribution in [2.75, 3.05) is 5.32 Å². The second-order valence-electron chi connectivity index (χ2n) is 5.84. The number of ether oxygens (including phenoxy) is 1. The van der Waals surface area contributed by atoms with Gasteiger partial charge in [-0.2, -0.15) is 0 Å². The Morgan fingerprint density at radius 2 is 2.00 bits per heavy atom. The third-order valence-electron chi connectivity index (χ3n) is 4.07. The number of pyridine rings is 1. The van der Waals surface area contributed by atoms with Crippen molar-refractivity contribution < 1.29 is 19.4 Å². The fraction of sp³-hybridized carbons (Fsp3) is 0.278. The third-order valence-corrected chi connectivity index (χ3v) is 4.07. The average molecular weight is 326 g/mol. The fourth-order valence-electron chi connectivity index (χ4n) is 2.36. The molecule has 24 heavy (non-hydrogen) atoms. The van der Waals surface area contributed by atoms with E-state index >= 15 is 0 Å². The molecule has 0 unspecified atom stereocenters. The van der Waals surface area contributed by atoms with E-state index in [4.69, 9.17) is 9.84 Å². The Kier molecular flexibility index (Phi) is 4.46. The van der Waals surface area contributed by atoms with E-state index in [9.17, 15) is 9.59 Å². The molecular formula is C18H18N2O4. The molecular weight excluding hydrogens is 308 g/mol. The molecule has 1 fully saturated rings. The Morgan fingerprint density at radius 1 is 1.21 bits per heavy atom. The van der Waals surface area contributed by atoms with E-state index in [1.807, 2.05) is 0 Å². The second-order valence-corrected chi connectivity index (χ2v) is 5.84. The van der Waals surface area contributed by atoms with Crippen LogP contribution in [0, 0.1) is 6.92 Å². The number of carbonyl (C=O) groups is 2. The van der Waals surface area contributed by atoms with Crippen LogP contribution in [-0.2, 0) is 0 Å². The number of carboxylic acids is 1. The first kappa shape index (κ1) is 16.0. The standard InChI is InChI=1S/C18H18N2O4/c1-11-5-6-13(18(22)23)9-15(11)20-17(21)12-7-8-19-16(10-12)24-14-3-2-4-14/h5-10,14H,2-4H2,1H3,(H,20,21)(H,22,23). The smallest absolute Gasteiger partial charge is 0.335 e. The van der Waals surface area contributed by atoms with E-state index in [1.165, 1.54) is 18.3 Å².